The van der Waals surface area contributed by atoms with E-state index in [-0.39, 0.29) is 22.4 Å². The Kier molecular flexibility index (Phi) is 6.73. The number of hydrogen-bond donors (Lipinski definition) is 2. The van der Waals surface area contributed by atoms with Gasteiger partial charge in [-0.1, -0.05) is 53.5 Å². The molecule has 1 heterocycles. The van der Waals surface area contributed by atoms with E-state index < -0.39 is 24.5 Å². The summed E-state index contributed by atoms with van der Waals surface area (Å²) in [5.41, 5.74) is 0.661. The Morgan fingerprint density at radius 1 is 1.04 bits per heavy atom. The van der Waals surface area contributed by atoms with Crippen molar-refractivity contribution in [3.05, 3.63) is 63.9 Å². The second-order valence-corrected chi connectivity index (χ2v) is 5.55. The van der Waals surface area contributed by atoms with Crippen molar-refractivity contribution in [1.82, 2.24) is 15.6 Å². The van der Waals surface area contributed by atoms with Crippen molar-refractivity contribution in [3.8, 4) is 0 Å². The number of ether oxygens (including phenoxy) is 1. The molecule has 0 radical (unpaired) electrons. The molecule has 0 atom stereocenters. The number of hydrogen-bond acceptors (Lipinski definition) is 5. The SMILES string of the molecule is O=C(COC(=O)c1nc(Cl)ccc1Cl)NC(=O)NCc1ccccc1. The predicted octanol–water partition coefficient (Wildman–Crippen LogP) is 2.57. The van der Waals surface area contributed by atoms with Gasteiger partial charge < -0.3 is 10.1 Å². The molecule has 9 heteroatoms. The average Bonchev–Trinajstić information content (AvgIpc) is 2.61. The van der Waals surface area contributed by atoms with Gasteiger partial charge in [-0.05, 0) is 17.7 Å². The number of imide groups is 1. The molecule has 0 fully saturated rings. The highest BCUT2D eigenvalue weighted by molar-refractivity contribution is 6.34. The third-order valence-corrected chi connectivity index (χ3v) is 3.40. The molecule has 25 heavy (non-hydrogen) atoms. The molecule has 7 nitrogen and oxygen atoms in total. The first-order chi connectivity index (χ1) is 12.0. The monoisotopic (exact) mass is 381 g/mol. The zero-order valence-corrected chi connectivity index (χ0v) is 14.3. The molecule has 1 aromatic heterocycles. The first-order valence-corrected chi connectivity index (χ1v) is 7.82. The van der Waals surface area contributed by atoms with Gasteiger partial charge in [-0.15, -0.1) is 0 Å². The van der Waals surface area contributed by atoms with Crippen molar-refractivity contribution in [3.63, 3.8) is 0 Å². The number of nitrogens with one attached hydrogen (secondary N) is 2. The van der Waals surface area contributed by atoms with Crippen LogP contribution in [0.2, 0.25) is 10.2 Å². The van der Waals surface area contributed by atoms with Crippen molar-refractivity contribution in [1.29, 1.82) is 0 Å². The fourth-order valence-electron chi connectivity index (χ4n) is 1.75. The van der Waals surface area contributed by atoms with Crippen LogP contribution in [-0.2, 0) is 16.1 Å². The summed E-state index contributed by atoms with van der Waals surface area (Å²) < 4.78 is 4.75. The maximum absolute atomic E-state index is 11.8. The Bertz CT molecular complexity index is 784. The molecule has 0 aliphatic carbocycles. The van der Waals surface area contributed by atoms with Gasteiger partial charge in [0.2, 0.25) is 0 Å². The number of aromatic nitrogens is 1. The molecular formula is C16H13Cl2N3O4. The molecule has 2 aromatic rings. The minimum Gasteiger partial charge on any atom is -0.451 e. The van der Waals surface area contributed by atoms with Crippen LogP contribution in [0.4, 0.5) is 4.79 Å². The number of carbonyl (C=O) groups excluding carboxylic acids is 3. The second kappa shape index (κ2) is 9.00. The molecule has 0 bridgehead atoms. The van der Waals surface area contributed by atoms with Gasteiger partial charge in [0.15, 0.2) is 12.3 Å². The molecule has 0 unspecified atom stereocenters. The molecule has 130 valence electrons. The van der Waals surface area contributed by atoms with Crippen molar-refractivity contribution in [2.24, 2.45) is 0 Å². The molecule has 0 saturated heterocycles. The van der Waals surface area contributed by atoms with E-state index in [4.69, 9.17) is 27.9 Å². The number of rotatable bonds is 5. The Balaban J connectivity index is 1.77. The van der Waals surface area contributed by atoms with E-state index in [9.17, 15) is 14.4 Å². The van der Waals surface area contributed by atoms with Crippen molar-refractivity contribution < 1.29 is 19.1 Å². The Hall–Kier alpha value is -2.64. The van der Waals surface area contributed by atoms with E-state index in [1.807, 2.05) is 35.6 Å². The number of halogens is 2. The third-order valence-electron chi connectivity index (χ3n) is 2.89. The van der Waals surface area contributed by atoms with Gasteiger partial charge in [-0.3, -0.25) is 10.1 Å². The quantitative estimate of drug-likeness (QED) is 0.612. The van der Waals surface area contributed by atoms with Crippen LogP contribution in [0.1, 0.15) is 16.1 Å². The first kappa shape index (κ1) is 18.7. The molecule has 3 amide bonds. The standard InChI is InChI=1S/C16H13Cl2N3O4/c17-11-6-7-12(18)20-14(11)15(23)25-9-13(22)21-16(24)19-8-10-4-2-1-3-5-10/h1-7H,8-9H2,(H2,19,21,22,24). The van der Waals surface area contributed by atoms with Crippen molar-refractivity contribution >= 4 is 41.1 Å². The Morgan fingerprint density at radius 3 is 2.48 bits per heavy atom. The topological polar surface area (TPSA) is 97.4 Å². The summed E-state index contributed by atoms with van der Waals surface area (Å²) in [6.07, 6.45) is 0. The first-order valence-electron chi connectivity index (χ1n) is 7.06. The smallest absolute Gasteiger partial charge is 0.359 e. The van der Waals surface area contributed by atoms with Crippen LogP contribution < -0.4 is 10.6 Å². The molecule has 2 rings (SSSR count). The van der Waals surface area contributed by atoms with Gasteiger partial charge in [0, 0.05) is 6.54 Å². The minimum atomic E-state index is -0.924. The molecule has 1 aromatic carbocycles. The van der Waals surface area contributed by atoms with E-state index in [2.05, 4.69) is 10.3 Å². The average molecular weight is 382 g/mol. The summed E-state index contributed by atoms with van der Waals surface area (Å²) in [6, 6.07) is 11.2. The number of urea groups is 1. The Labute approximate surface area is 153 Å². The largest absolute Gasteiger partial charge is 0.451 e. The van der Waals surface area contributed by atoms with E-state index in [1.165, 1.54) is 12.1 Å². The number of amides is 3. The highest BCUT2D eigenvalue weighted by atomic mass is 35.5. The molecule has 0 aliphatic heterocycles. The fraction of sp³-hybridized carbons (Fsp3) is 0.125. The van der Waals surface area contributed by atoms with Gasteiger partial charge in [-0.25, -0.2) is 14.6 Å². The molecule has 0 spiro atoms. The van der Waals surface area contributed by atoms with Crippen LogP contribution in [0.3, 0.4) is 0 Å². The van der Waals surface area contributed by atoms with Gasteiger partial charge in [0.1, 0.15) is 5.15 Å². The van der Waals surface area contributed by atoms with E-state index in [0.29, 0.717) is 0 Å². The fourth-order valence-corrected chi connectivity index (χ4v) is 2.08. The third kappa shape index (κ3) is 6.06. The summed E-state index contributed by atoms with van der Waals surface area (Å²) in [5.74, 6) is -1.72. The van der Waals surface area contributed by atoms with E-state index in [0.717, 1.165) is 5.56 Å². The molecule has 0 saturated carbocycles. The van der Waals surface area contributed by atoms with Crippen molar-refractivity contribution in [2.75, 3.05) is 6.61 Å². The zero-order chi connectivity index (χ0) is 18.2. The second-order valence-electron chi connectivity index (χ2n) is 4.76. The lowest BCUT2D eigenvalue weighted by Gasteiger charge is -2.08. The van der Waals surface area contributed by atoms with Gasteiger partial charge in [-0.2, -0.15) is 0 Å². The van der Waals surface area contributed by atoms with Crippen molar-refractivity contribution in [2.45, 2.75) is 6.54 Å². The highest BCUT2D eigenvalue weighted by Gasteiger charge is 2.17. The van der Waals surface area contributed by atoms with Crippen LogP contribution >= 0.6 is 23.2 Å². The predicted molar refractivity (Wildman–Crippen MR) is 91.4 cm³/mol. The number of esters is 1. The highest BCUT2D eigenvalue weighted by Crippen LogP contribution is 2.17. The van der Waals surface area contributed by atoms with E-state index >= 15 is 0 Å². The van der Waals surface area contributed by atoms with Crippen LogP contribution in [-0.4, -0.2) is 29.5 Å². The lowest BCUT2D eigenvalue weighted by atomic mass is 10.2. The molecule has 2 N–H and O–H groups in total. The molecular weight excluding hydrogens is 369 g/mol. The summed E-state index contributed by atoms with van der Waals surface area (Å²) in [7, 11) is 0. The van der Waals surface area contributed by atoms with E-state index in [1.54, 1.807) is 0 Å². The molecule has 0 aliphatic rings. The maximum Gasteiger partial charge on any atom is 0.359 e. The number of pyridine rings is 1. The maximum atomic E-state index is 11.8. The van der Waals surface area contributed by atoms with Crippen LogP contribution in [0.15, 0.2) is 42.5 Å². The summed E-state index contributed by atoms with van der Waals surface area (Å²) in [5, 5.41) is 4.63. The van der Waals surface area contributed by atoms with Gasteiger partial charge in [0.25, 0.3) is 5.91 Å². The zero-order valence-electron chi connectivity index (χ0n) is 12.8. The Morgan fingerprint density at radius 2 is 1.76 bits per heavy atom. The van der Waals surface area contributed by atoms with Gasteiger partial charge in [0.05, 0.1) is 5.02 Å². The number of nitrogens with zero attached hydrogens (tertiary/aromatic N) is 1. The van der Waals surface area contributed by atoms with Crippen LogP contribution in [0.25, 0.3) is 0 Å². The summed E-state index contributed by atoms with van der Waals surface area (Å²) in [6.45, 7) is -0.413. The lowest BCUT2D eigenvalue weighted by Crippen LogP contribution is -2.41. The summed E-state index contributed by atoms with van der Waals surface area (Å²) in [4.78, 5) is 38.8. The minimum absolute atomic E-state index is 0.0374. The van der Waals surface area contributed by atoms with Crippen LogP contribution in [0, 0.1) is 0 Å². The lowest BCUT2D eigenvalue weighted by molar-refractivity contribution is -0.123. The normalized spacial score (nSPS) is 10.0. The van der Waals surface area contributed by atoms with Gasteiger partial charge >= 0.3 is 12.0 Å². The number of benzene rings is 1. The summed E-state index contributed by atoms with van der Waals surface area (Å²) >= 11 is 11.5. The number of carbonyl (C=O) groups is 3. The van der Waals surface area contributed by atoms with Crippen LogP contribution in [0.5, 0.6) is 0 Å².